The molecule has 3 aromatic heterocycles. The third-order valence-corrected chi connectivity index (χ3v) is 6.01. The number of nitrogens with zero attached hydrogens (tertiary/aromatic N) is 4. The molecule has 6 heteroatoms. The lowest BCUT2D eigenvalue weighted by Gasteiger charge is -2.20. The lowest BCUT2D eigenvalue weighted by molar-refractivity contribution is -0.117. The highest BCUT2D eigenvalue weighted by molar-refractivity contribution is 5.89. The predicted octanol–water partition coefficient (Wildman–Crippen LogP) is 4.26. The Morgan fingerprint density at radius 1 is 1.21 bits per heavy atom. The summed E-state index contributed by atoms with van der Waals surface area (Å²) in [6, 6.07) is 10.5. The van der Waals surface area contributed by atoms with Gasteiger partial charge in [-0.05, 0) is 36.9 Å². The minimum atomic E-state index is -0.0667. The highest BCUT2D eigenvalue weighted by atomic mass is 16.5. The number of pyridine rings is 1. The van der Waals surface area contributed by atoms with Crippen molar-refractivity contribution in [1.82, 2.24) is 19.3 Å². The van der Waals surface area contributed by atoms with E-state index in [1.54, 1.807) is 4.68 Å². The van der Waals surface area contributed by atoms with Crippen molar-refractivity contribution in [2.75, 3.05) is 0 Å². The largest absolute Gasteiger partial charge is 0.474 e. The topological polar surface area (TPSA) is 61.9 Å². The average molecular weight is 388 g/mol. The van der Waals surface area contributed by atoms with Gasteiger partial charge in [0.1, 0.15) is 11.9 Å². The summed E-state index contributed by atoms with van der Waals surface area (Å²) >= 11 is 0. The summed E-state index contributed by atoms with van der Waals surface area (Å²) in [6.45, 7) is 2.04. The molecule has 0 saturated heterocycles. The van der Waals surface area contributed by atoms with Gasteiger partial charge in [-0.3, -0.25) is 9.48 Å². The van der Waals surface area contributed by atoms with E-state index < -0.39 is 0 Å². The van der Waals surface area contributed by atoms with E-state index in [2.05, 4.69) is 40.1 Å². The van der Waals surface area contributed by atoms with Crippen LogP contribution in [0.4, 0.5) is 0 Å². The Kier molecular flexibility index (Phi) is 4.15. The van der Waals surface area contributed by atoms with Crippen LogP contribution in [0.3, 0.4) is 0 Å². The first-order valence-electron chi connectivity index (χ1n) is 10.1. The Balaban J connectivity index is 1.57. The van der Waals surface area contributed by atoms with Crippen molar-refractivity contribution in [3.05, 3.63) is 42.7 Å². The van der Waals surface area contributed by atoms with Crippen LogP contribution in [0.2, 0.25) is 0 Å². The molecule has 1 aliphatic rings. The SMILES string of the molecule is C[C@@H](Oc1nc(-c2ccc3ccn(C)c3c2)cc2nn(C)cc12)[C@H]1CCC(=O)C1. The first-order valence-corrected chi connectivity index (χ1v) is 10.1. The van der Waals surface area contributed by atoms with Gasteiger partial charge in [-0.25, -0.2) is 4.98 Å². The van der Waals surface area contributed by atoms with E-state index >= 15 is 0 Å². The molecule has 0 amide bonds. The molecule has 5 rings (SSSR count). The van der Waals surface area contributed by atoms with Gasteiger partial charge < -0.3 is 9.30 Å². The smallest absolute Gasteiger partial charge is 0.225 e. The summed E-state index contributed by atoms with van der Waals surface area (Å²) in [5, 5.41) is 6.68. The molecule has 2 atom stereocenters. The van der Waals surface area contributed by atoms with Crippen molar-refractivity contribution in [3.8, 4) is 17.1 Å². The number of rotatable bonds is 4. The van der Waals surface area contributed by atoms with Gasteiger partial charge in [-0.1, -0.05) is 12.1 Å². The van der Waals surface area contributed by atoms with Crippen LogP contribution in [-0.2, 0) is 18.9 Å². The van der Waals surface area contributed by atoms with E-state index in [9.17, 15) is 4.79 Å². The number of aromatic nitrogens is 4. The average Bonchev–Trinajstić information content (AvgIpc) is 3.40. The Bertz CT molecular complexity index is 1240. The summed E-state index contributed by atoms with van der Waals surface area (Å²) in [7, 11) is 3.94. The van der Waals surface area contributed by atoms with E-state index in [0.29, 0.717) is 24.5 Å². The molecular formula is C23H24N4O2. The first-order chi connectivity index (χ1) is 14.0. The normalized spacial score (nSPS) is 18.0. The van der Waals surface area contributed by atoms with Gasteiger partial charge >= 0.3 is 0 Å². The maximum Gasteiger partial charge on any atom is 0.225 e. The van der Waals surface area contributed by atoms with Crippen LogP contribution in [0.1, 0.15) is 26.2 Å². The molecule has 0 radical (unpaired) electrons. The Hall–Kier alpha value is -3.15. The third-order valence-electron chi connectivity index (χ3n) is 6.01. The lowest BCUT2D eigenvalue weighted by Crippen LogP contribution is -2.22. The van der Waals surface area contributed by atoms with Crippen LogP contribution in [0, 0.1) is 5.92 Å². The Morgan fingerprint density at radius 3 is 2.86 bits per heavy atom. The molecule has 29 heavy (non-hydrogen) atoms. The van der Waals surface area contributed by atoms with Crippen LogP contribution < -0.4 is 4.74 Å². The minimum Gasteiger partial charge on any atom is -0.474 e. The standard InChI is InChI=1S/C23H24N4O2/c1-14(16-6-7-18(28)10-16)29-23-19-13-27(3)25-21(19)12-20(24-23)17-5-4-15-8-9-26(2)22(15)11-17/h4-5,8-9,11-14,16H,6-7,10H2,1-3H3/t14-,16+/m1/s1. The van der Waals surface area contributed by atoms with Gasteiger partial charge in [0.25, 0.3) is 0 Å². The number of aryl methyl sites for hydroxylation is 2. The van der Waals surface area contributed by atoms with Gasteiger partial charge in [0.2, 0.25) is 5.88 Å². The fourth-order valence-corrected chi connectivity index (χ4v) is 4.28. The molecule has 3 heterocycles. The summed E-state index contributed by atoms with van der Waals surface area (Å²) < 4.78 is 10.2. The second kappa shape index (κ2) is 6.72. The maximum atomic E-state index is 11.7. The lowest BCUT2D eigenvalue weighted by atomic mass is 10.0. The van der Waals surface area contributed by atoms with E-state index in [4.69, 9.17) is 9.72 Å². The number of Topliss-reactive ketones (excluding diaryl/α,β-unsaturated/α-hetero) is 1. The van der Waals surface area contributed by atoms with Crippen molar-refractivity contribution in [2.24, 2.45) is 20.0 Å². The summed E-state index contributed by atoms with van der Waals surface area (Å²) in [6.07, 6.45) is 6.08. The van der Waals surface area contributed by atoms with Gasteiger partial charge in [0, 0.05) is 56.3 Å². The first kappa shape index (κ1) is 17.9. The zero-order chi connectivity index (χ0) is 20.1. The van der Waals surface area contributed by atoms with E-state index in [-0.39, 0.29) is 12.0 Å². The second-order valence-corrected chi connectivity index (χ2v) is 8.11. The van der Waals surface area contributed by atoms with E-state index in [0.717, 1.165) is 34.1 Å². The van der Waals surface area contributed by atoms with Crippen LogP contribution in [-0.4, -0.2) is 31.2 Å². The van der Waals surface area contributed by atoms with Gasteiger partial charge in [-0.15, -0.1) is 0 Å². The molecule has 1 saturated carbocycles. The van der Waals surface area contributed by atoms with E-state index in [1.165, 1.54) is 5.39 Å². The van der Waals surface area contributed by atoms with Crippen LogP contribution in [0.25, 0.3) is 33.1 Å². The van der Waals surface area contributed by atoms with Crippen molar-refractivity contribution in [3.63, 3.8) is 0 Å². The highest BCUT2D eigenvalue weighted by Gasteiger charge is 2.29. The Labute approximate surface area is 169 Å². The summed E-state index contributed by atoms with van der Waals surface area (Å²) in [4.78, 5) is 16.6. The summed E-state index contributed by atoms with van der Waals surface area (Å²) in [5.41, 5.74) is 3.88. The monoisotopic (exact) mass is 388 g/mol. The molecule has 1 aliphatic carbocycles. The summed E-state index contributed by atoms with van der Waals surface area (Å²) in [5.74, 6) is 1.17. The third kappa shape index (κ3) is 3.18. The van der Waals surface area contributed by atoms with Crippen LogP contribution in [0.5, 0.6) is 5.88 Å². The van der Waals surface area contributed by atoms with E-state index in [1.807, 2.05) is 33.3 Å². The number of ketones is 1. The molecule has 0 aliphatic heterocycles. The number of carbonyl (C=O) groups excluding carboxylic acids is 1. The molecule has 4 aromatic rings. The fraction of sp³-hybridized carbons (Fsp3) is 0.348. The second-order valence-electron chi connectivity index (χ2n) is 8.11. The number of benzene rings is 1. The maximum absolute atomic E-state index is 11.7. The van der Waals surface area contributed by atoms with Crippen molar-refractivity contribution in [1.29, 1.82) is 0 Å². The molecule has 6 nitrogen and oxygen atoms in total. The molecule has 0 bridgehead atoms. The molecule has 1 aromatic carbocycles. The molecule has 148 valence electrons. The highest BCUT2D eigenvalue weighted by Crippen LogP contribution is 2.33. The molecule has 0 spiro atoms. The van der Waals surface area contributed by atoms with Crippen molar-refractivity contribution < 1.29 is 9.53 Å². The fourth-order valence-electron chi connectivity index (χ4n) is 4.28. The minimum absolute atomic E-state index is 0.0667. The van der Waals surface area contributed by atoms with Gasteiger partial charge in [-0.2, -0.15) is 5.10 Å². The molecule has 1 fully saturated rings. The molecular weight excluding hydrogens is 364 g/mol. The van der Waals surface area contributed by atoms with Crippen molar-refractivity contribution in [2.45, 2.75) is 32.3 Å². The zero-order valence-corrected chi connectivity index (χ0v) is 16.9. The van der Waals surface area contributed by atoms with Crippen LogP contribution >= 0.6 is 0 Å². The molecule has 0 unspecified atom stereocenters. The molecule has 0 N–H and O–H groups in total. The van der Waals surface area contributed by atoms with Gasteiger partial charge in [0.05, 0.1) is 16.6 Å². The van der Waals surface area contributed by atoms with Gasteiger partial charge in [0.15, 0.2) is 0 Å². The number of ether oxygens (including phenoxy) is 1. The number of hydrogen-bond acceptors (Lipinski definition) is 4. The number of hydrogen-bond donors (Lipinski definition) is 0. The Morgan fingerprint density at radius 2 is 2.07 bits per heavy atom. The number of carbonyl (C=O) groups is 1. The zero-order valence-electron chi connectivity index (χ0n) is 16.9. The number of fused-ring (bicyclic) bond motifs is 2. The van der Waals surface area contributed by atoms with Crippen molar-refractivity contribution >= 4 is 27.6 Å². The predicted molar refractivity (Wildman–Crippen MR) is 113 cm³/mol. The quantitative estimate of drug-likeness (QED) is 0.524. The van der Waals surface area contributed by atoms with Crippen LogP contribution in [0.15, 0.2) is 42.7 Å².